The summed E-state index contributed by atoms with van der Waals surface area (Å²) in [5.41, 5.74) is 1.35. The Balaban J connectivity index is 1.25. The molecule has 3 heterocycles. The van der Waals surface area contributed by atoms with Gasteiger partial charge in [0, 0.05) is 62.4 Å². The van der Waals surface area contributed by atoms with Crippen LogP contribution in [0.5, 0.6) is 0 Å². The van der Waals surface area contributed by atoms with Gasteiger partial charge in [-0.15, -0.1) is 0 Å². The van der Waals surface area contributed by atoms with Gasteiger partial charge < -0.3 is 9.80 Å². The summed E-state index contributed by atoms with van der Waals surface area (Å²) in [5, 5.41) is 1.89. The molecule has 4 rings (SSSR count). The molecule has 1 aromatic heterocycles. The Morgan fingerprint density at radius 1 is 0.885 bits per heavy atom. The molecule has 0 aliphatic carbocycles. The highest BCUT2D eigenvalue weighted by molar-refractivity contribution is 7.09. The number of hydrogen-bond donors (Lipinski definition) is 0. The molecule has 2 saturated heterocycles. The van der Waals surface area contributed by atoms with E-state index in [2.05, 4.69) is 31.2 Å². The summed E-state index contributed by atoms with van der Waals surface area (Å²) in [6, 6.07) is 8.21. The van der Waals surface area contributed by atoms with Gasteiger partial charge in [0.2, 0.25) is 11.1 Å². The maximum absolute atomic E-state index is 5.96. The Bertz CT molecular complexity index is 690. The van der Waals surface area contributed by atoms with Gasteiger partial charge in [-0.3, -0.25) is 4.90 Å². The number of hydrogen-bond acceptors (Lipinski definition) is 6. The zero-order chi connectivity index (χ0) is 17.8. The van der Waals surface area contributed by atoms with Gasteiger partial charge >= 0.3 is 0 Å². The predicted octanol–water partition coefficient (Wildman–Crippen LogP) is 3.55. The van der Waals surface area contributed by atoms with Crippen molar-refractivity contribution in [3.8, 4) is 0 Å². The van der Waals surface area contributed by atoms with E-state index in [1.165, 1.54) is 24.8 Å². The van der Waals surface area contributed by atoms with Crippen LogP contribution in [0.1, 0.15) is 24.8 Å². The summed E-state index contributed by atoms with van der Waals surface area (Å²) in [7, 11) is 0. The lowest BCUT2D eigenvalue weighted by Crippen LogP contribution is -2.47. The smallest absolute Gasteiger partial charge is 0.239 e. The monoisotopic (exact) mass is 391 g/mol. The quantitative estimate of drug-likeness (QED) is 0.778. The molecule has 1 aromatic carbocycles. The van der Waals surface area contributed by atoms with Crippen LogP contribution in [0, 0.1) is 0 Å². The standard InChI is InChI=1S/C19H26ClN5S/c20-17-6-4-16(5-7-17)8-11-23-12-14-25(15-13-23)19-21-18(22-26-19)24-9-2-1-3-10-24/h4-7H,1-3,8-15H2. The van der Waals surface area contributed by atoms with Gasteiger partial charge in [-0.1, -0.05) is 23.7 Å². The molecule has 0 radical (unpaired) electrons. The van der Waals surface area contributed by atoms with Crippen LogP contribution in [-0.4, -0.2) is 60.1 Å². The van der Waals surface area contributed by atoms with Crippen LogP contribution in [0.2, 0.25) is 5.02 Å². The van der Waals surface area contributed by atoms with E-state index in [0.717, 1.165) is 68.3 Å². The first-order chi connectivity index (χ1) is 12.8. The zero-order valence-corrected chi connectivity index (χ0v) is 16.7. The van der Waals surface area contributed by atoms with Gasteiger partial charge in [0.15, 0.2) is 0 Å². The highest BCUT2D eigenvalue weighted by Gasteiger charge is 2.22. The van der Waals surface area contributed by atoms with Crippen LogP contribution in [0.3, 0.4) is 0 Å². The lowest BCUT2D eigenvalue weighted by molar-refractivity contribution is 0.261. The zero-order valence-electron chi connectivity index (χ0n) is 15.1. The predicted molar refractivity (Wildman–Crippen MR) is 110 cm³/mol. The number of rotatable bonds is 5. The van der Waals surface area contributed by atoms with E-state index in [4.69, 9.17) is 16.6 Å². The molecule has 0 amide bonds. The number of nitrogens with zero attached hydrogens (tertiary/aromatic N) is 5. The Hall–Kier alpha value is -1.37. The van der Waals surface area contributed by atoms with Gasteiger partial charge in [0.05, 0.1) is 0 Å². The first kappa shape index (κ1) is 18.0. The van der Waals surface area contributed by atoms with Gasteiger partial charge in [-0.25, -0.2) is 0 Å². The first-order valence-electron chi connectivity index (χ1n) is 9.58. The largest absolute Gasteiger partial charge is 0.344 e. The molecule has 0 bridgehead atoms. The van der Waals surface area contributed by atoms with E-state index < -0.39 is 0 Å². The van der Waals surface area contributed by atoms with E-state index in [1.54, 1.807) is 11.5 Å². The van der Waals surface area contributed by atoms with Crippen molar-refractivity contribution in [1.29, 1.82) is 0 Å². The molecule has 2 fully saturated rings. The van der Waals surface area contributed by atoms with E-state index in [1.807, 2.05) is 12.1 Å². The Labute approximate surface area is 164 Å². The fourth-order valence-electron chi connectivity index (χ4n) is 3.66. The Morgan fingerprint density at radius 2 is 1.62 bits per heavy atom. The average Bonchev–Trinajstić information content (AvgIpc) is 3.19. The van der Waals surface area contributed by atoms with E-state index in [0.29, 0.717) is 0 Å². The highest BCUT2D eigenvalue weighted by atomic mass is 35.5. The normalized spacial score (nSPS) is 19.1. The van der Waals surface area contributed by atoms with Crippen molar-refractivity contribution in [1.82, 2.24) is 14.3 Å². The highest BCUT2D eigenvalue weighted by Crippen LogP contribution is 2.25. The molecular formula is C19H26ClN5S. The van der Waals surface area contributed by atoms with Crippen molar-refractivity contribution < 1.29 is 0 Å². The van der Waals surface area contributed by atoms with Crippen LogP contribution in [0.15, 0.2) is 24.3 Å². The van der Waals surface area contributed by atoms with Gasteiger partial charge in [-0.2, -0.15) is 9.36 Å². The molecule has 2 aliphatic heterocycles. The van der Waals surface area contributed by atoms with Crippen molar-refractivity contribution in [2.45, 2.75) is 25.7 Å². The van der Waals surface area contributed by atoms with Crippen molar-refractivity contribution in [3.63, 3.8) is 0 Å². The Kier molecular flexibility index (Phi) is 5.92. The van der Waals surface area contributed by atoms with Crippen LogP contribution < -0.4 is 9.80 Å². The number of benzene rings is 1. The fourth-order valence-corrected chi connectivity index (χ4v) is 4.53. The lowest BCUT2D eigenvalue weighted by Gasteiger charge is -2.34. The van der Waals surface area contributed by atoms with Crippen LogP contribution >= 0.6 is 23.1 Å². The molecular weight excluding hydrogens is 366 g/mol. The second-order valence-corrected chi connectivity index (χ2v) is 8.30. The third kappa shape index (κ3) is 4.48. The van der Waals surface area contributed by atoms with Crippen molar-refractivity contribution >= 4 is 34.2 Å². The van der Waals surface area contributed by atoms with Gasteiger partial charge in [0.1, 0.15) is 0 Å². The minimum absolute atomic E-state index is 0.809. The van der Waals surface area contributed by atoms with E-state index in [9.17, 15) is 0 Å². The average molecular weight is 392 g/mol. The fraction of sp³-hybridized carbons (Fsp3) is 0.579. The number of piperidine rings is 1. The summed E-state index contributed by atoms with van der Waals surface area (Å²) >= 11 is 7.51. The molecule has 2 aliphatic rings. The third-order valence-electron chi connectivity index (χ3n) is 5.32. The topological polar surface area (TPSA) is 35.5 Å². The summed E-state index contributed by atoms with van der Waals surface area (Å²) in [4.78, 5) is 12.1. The van der Waals surface area contributed by atoms with Crippen LogP contribution in [-0.2, 0) is 6.42 Å². The molecule has 5 nitrogen and oxygen atoms in total. The molecule has 140 valence electrons. The number of halogens is 1. The molecule has 0 atom stereocenters. The summed E-state index contributed by atoms with van der Waals surface area (Å²) in [6.45, 7) is 7.57. The summed E-state index contributed by atoms with van der Waals surface area (Å²) < 4.78 is 4.61. The van der Waals surface area contributed by atoms with E-state index in [-0.39, 0.29) is 0 Å². The molecule has 0 unspecified atom stereocenters. The van der Waals surface area contributed by atoms with Crippen LogP contribution in [0.25, 0.3) is 0 Å². The number of piperazine rings is 1. The summed E-state index contributed by atoms with van der Waals surface area (Å²) in [5.74, 6) is 0.940. The second kappa shape index (κ2) is 8.55. The SMILES string of the molecule is Clc1ccc(CCN2CCN(c3nc(N4CCCCC4)ns3)CC2)cc1. The lowest BCUT2D eigenvalue weighted by atomic mass is 10.1. The van der Waals surface area contributed by atoms with Crippen molar-refractivity contribution in [2.75, 3.05) is 55.6 Å². The molecule has 0 saturated carbocycles. The van der Waals surface area contributed by atoms with Crippen LogP contribution in [0.4, 0.5) is 11.1 Å². The minimum atomic E-state index is 0.809. The molecule has 0 spiro atoms. The third-order valence-corrected chi connectivity index (χ3v) is 6.34. The molecule has 2 aromatic rings. The van der Waals surface area contributed by atoms with Gasteiger partial charge in [0.25, 0.3) is 0 Å². The molecule has 7 heteroatoms. The Morgan fingerprint density at radius 3 is 2.35 bits per heavy atom. The summed E-state index contributed by atoms with van der Waals surface area (Å²) in [6.07, 6.45) is 4.95. The number of aromatic nitrogens is 2. The minimum Gasteiger partial charge on any atom is -0.344 e. The van der Waals surface area contributed by atoms with Crippen molar-refractivity contribution in [2.24, 2.45) is 0 Å². The van der Waals surface area contributed by atoms with Gasteiger partial charge in [-0.05, 0) is 43.4 Å². The maximum Gasteiger partial charge on any atom is 0.239 e. The maximum atomic E-state index is 5.96. The van der Waals surface area contributed by atoms with Crippen molar-refractivity contribution in [3.05, 3.63) is 34.9 Å². The number of anilines is 2. The first-order valence-corrected chi connectivity index (χ1v) is 10.7. The van der Waals surface area contributed by atoms with E-state index >= 15 is 0 Å². The molecule has 0 N–H and O–H groups in total. The second-order valence-electron chi connectivity index (χ2n) is 7.13. The molecule has 26 heavy (non-hydrogen) atoms.